The largest absolute Gasteiger partial charge is 0.394 e. The fraction of sp³-hybridized carbons (Fsp3) is 0.882. The molecule has 1 fully saturated rings. The average molecular weight is 901 g/mol. The van der Waals surface area contributed by atoms with E-state index < -0.39 is 70.9 Å². The molecule has 1 heterocycles. The fourth-order valence-electron chi connectivity index (χ4n) is 8.66. The summed E-state index contributed by atoms with van der Waals surface area (Å²) in [6.45, 7) is 18.9. The van der Waals surface area contributed by atoms with E-state index in [1.807, 2.05) is 54.5 Å². The Morgan fingerprint density at radius 3 is 1.21 bits per heavy atom. The molecule has 372 valence electrons. The molecular weight excluding hydrogens is 805 g/mol. The Morgan fingerprint density at radius 2 is 0.825 bits per heavy atom. The summed E-state index contributed by atoms with van der Waals surface area (Å²) in [4.78, 5) is 0. The molecule has 11 atom stereocenters. The topological polar surface area (TPSA) is 221 Å². The Balaban J connectivity index is 2.29. The van der Waals surface area contributed by atoms with Crippen molar-refractivity contribution < 1.29 is 60.5 Å². The number of hydrogen-bond acceptors (Lipinski definition) is 12. The number of aliphatic hydroxyl groups excluding tert-OH is 4. The fourth-order valence-corrected chi connectivity index (χ4v) is 8.66. The van der Waals surface area contributed by atoms with Crippen LogP contribution in [-0.4, -0.2) is 129 Å². The molecule has 12 heteroatoms. The van der Waals surface area contributed by atoms with E-state index >= 15 is 0 Å². The summed E-state index contributed by atoms with van der Waals surface area (Å²) < 4.78 is 10.9. The summed E-state index contributed by atoms with van der Waals surface area (Å²) >= 11 is 0. The second-order valence-corrected chi connectivity index (χ2v) is 21.6. The minimum atomic E-state index is -1.47. The van der Waals surface area contributed by atoms with Gasteiger partial charge in [-0.25, -0.2) is 0 Å². The van der Waals surface area contributed by atoms with Gasteiger partial charge in [-0.3, -0.25) is 0 Å². The van der Waals surface area contributed by atoms with Crippen LogP contribution in [0.2, 0.25) is 0 Å². The first kappa shape index (κ1) is 59.8. The lowest BCUT2D eigenvalue weighted by atomic mass is 9.83. The van der Waals surface area contributed by atoms with Gasteiger partial charge in [0.05, 0.1) is 46.8 Å². The third-order valence-corrected chi connectivity index (χ3v) is 13.2. The van der Waals surface area contributed by atoms with Gasteiger partial charge in [0.25, 0.3) is 0 Å². The number of rotatable bonds is 34. The molecule has 10 N–H and O–H groups in total. The molecule has 0 aromatic rings. The first-order valence-electron chi connectivity index (χ1n) is 24.2. The second kappa shape index (κ2) is 28.2. The van der Waals surface area contributed by atoms with Crippen LogP contribution in [0.15, 0.2) is 34.9 Å². The van der Waals surface area contributed by atoms with Gasteiger partial charge < -0.3 is 60.5 Å². The lowest BCUT2D eigenvalue weighted by Gasteiger charge is -2.39. The third kappa shape index (κ3) is 27.9. The summed E-state index contributed by atoms with van der Waals surface area (Å²) in [6.07, 6.45) is 14.6. The maximum absolute atomic E-state index is 11.1. The zero-order valence-corrected chi connectivity index (χ0v) is 41.4. The molecule has 0 radical (unpaired) electrons. The molecule has 63 heavy (non-hydrogen) atoms. The zero-order chi connectivity index (χ0) is 48.1. The van der Waals surface area contributed by atoms with Crippen molar-refractivity contribution in [3.63, 3.8) is 0 Å². The van der Waals surface area contributed by atoms with Crippen molar-refractivity contribution in [3.05, 3.63) is 34.9 Å². The summed E-state index contributed by atoms with van der Waals surface area (Å²) in [5.41, 5.74) is -1.50. The van der Waals surface area contributed by atoms with Crippen molar-refractivity contribution in [2.45, 2.75) is 275 Å². The van der Waals surface area contributed by atoms with E-state index in [0.717, 1.165) is 44.1 Å². The number of aliphatic hydroxyl groups is 10. The van der Waals surface area contributed by atoms with Crippen LogP contribution >= 0.6 is 0 Å². The van der Waals surface area contributed by atoms with Gasteiger partial charge in [-0.2, -0.15) is 0 Å². The highest BCUT2D eigenvalue weighted by molar-refractivity contribution is 5.04. The van der Waals surface area contributed by atoms with E-state index in [0.29, 0.717) is 103 Å². The molecule has 1 aliphatic rings. The smallest absolute Gasteiger partial charge is 0.187 e. The summed E-state index contributed by atoms with van der Waals surface area (Å²) in [5, 5.41) is 105. The average Bonchev–Trinajstić information content (AvgIpc) is 3.13. The van der Waals surface area contributed by atoms with E-state index in [2.05, 4.69) is 32.9 Å². The first-order valence-corrected chi connectivity index (χ1v) is 24.2. The van der Waals surface area contributed by atoms with Gasteiger partial charge in [0.2, 0.25) is 0 Å². The highest BCUT2D eigenvalue weighted by atomic mass is 16.7. The molecule has 0 bridgehead atoms. The molecule has 0 aromatic heterocycles. The van der Waals surface area contributed by atoms with Crippen LogP contribution in [-0.2, 0) is 9.47 Å². The zero-order valence-electron chi connectivity index (χ0n) is 41.4. The quantitative estimate of drug-likeness (QED) is 0.0280. The first-order chi connectivity index (χ1) is 29.0. The Kier molecular flexibility index (Phi) is 26.7. The van der Waals surface area contributed by atoms with Gasteiger partial charge in [0.15, 0.2) is 6.29 Å². The van der Waals surface area contributed by atoms with Crippen molar-refractivity contribution >= 4 is 0 Å². The number of ether oxygens (including phenoxy) is 2. The molecule has 1 rings (SSSR count). The predicted molar refractivity (Wildman–Crippen MR) is 252 cm³/mol. The number of allylic oxidation sites excluding steroid dienone is 5. The summed E-state index contributed by atoms with van der Waals surface area (Å²) in [5.74, 6) is 0. The molecule has 0 saturated carbocycles. The van der Waals surface area contributed by atoms with Gasteiger partial charge in [0, 0.05) is 0 Å². The maximum Gasteiger partial charge on any atom is 0.187 e. The van der Waals surface area contributed by atoms with Gasteiger partial charge >= 0.3 is 0 Å². The van der Waals surface area contributed by atoms with Crippen LogP contribution in [0.5, 0.6) is 0 Å². The van der Waals surface area contributed by atoms with Crippen molar-refractivity contribution in [2.24, 2.45) is 0 Å². The number of hydrogen-bond donors (Lipinski definition) is 10. The van der Waals surface area contributed by atoms with Gasteiger partial charge in [-0.1, -0.05) is 34.9 Å². The monoisotopic (exact) mass is 901 g/mol. The predicted octanol–water partition coefficient (Wildman–Crippen LogP) is 7.75. The Labute approximate surface area is 382 Å². The lowest BCUT2D eigenvalue weighted by molar-refractivity contribution is -0.298. The summed E-state index contributed by atoms with van der Waals surface area (Å²) in [7, 11) is 0. The van der Waals surface area contributed by atoms with Crippen LogP contribution in [0.25, 0.3) is 0 Å². The molecule has 0 unspecified atom stereocenters. The maximum atomic E-state index is 11.1. The highest BCUT2D eigenvalue weighted by Gasteiger charge is 2.44. The van der Waals surface area contributed by atoms with Crippen LogP contribution in [0.4, 0.5) is 0 Å². The molecule has 0 aliphatic carbocycles. The Bertz CT molecular complexity index is 1340. The van der Waals surface area contributed by atoms with E-state index in [4.69, 9.17) is 9.47 Å². The third-order valence-electron chi connectivity index (χ3n) is 13.2. The van der Waals surface area contributed by atoms with Gasteiger partial charge in [-0.15, -0.1) is 0 Å². The van der Waals surface area contributed by atoms with Crippen molar-refractivity contribution in [2.75, 3.05) is 13.2 Å². The van der Waals surface area contributed by atoms with Crippen LogP contribution in [0, 0.1) is 0 Å². The minimum Gasteiger partial charge on any atom is -0.394 e. The molecule has 1 aliphatic heterocycles. The van der Waals surface area contributed by atoms with E-state index in [-0.39, 0.29) is 6.61 Å². The van der Waals surface area contributed by atoms with Crippen LogP contribution in [0.1, 0.15) is 210 Å². The van der Waals surface area contributed by atoms with E-state index in [1.165, 1.54) is 11.1 Å². The summed E-state index contributed by atoms with van der Waals surface area (Å²) in [6, 6.07) is 0. The Hall–Kier alpha value is -1.26. The van der Waals surface area contributed by atoms with Gasteiger partial charge in [-0.05, 0) is 210 Å². The molecule has 0 amide bonds. The van der Waals surface area contributed by atoms with E-state index in [1.54, 1.807) is 0 Å². The molecule has 0 aromatic carbocycles. The molecule has 12 nitrogen and oxygen atoms in total. The lowest BCUT2D eigenvalue weighted by Crippen LogP contribution is -2.59. The van der Waals surface area contributed by atoms with Gasteiger partial charge in [0.1, 0.15) is 24.4 Å². The minimum absolute atomic E-state index is 0.150. The standard InChI is InChI=1S/C51H96O12/c1-38(2)19-12-24-46(5,56)26-14-28-48(7,58)30-16-32-50(9,60)34-18-35-51(10,61)33-17-31-49(8,59)29-15-27-47(6,57)25-13-22-39(3)20-11-21-40(4)23-36-62-45-44(55)43(54)42(53)41(37-52)63-45/h19-20,23,41-45,52-61H,11-18,21-22,24-37H2,1-10H3/b39-20+,40-23+/t41-,42-,43+,44-,45-,46-,47+,48-,49+,50-,51+/m1/s1. The normalized spacial score (nSPS) is 25.9. The van der Waals surface area contributed by atoms with Crippen molar-refractivity contribution in [1.29, 1.82) is 0 Å². The second-order valence-electron chi connectivity index (χ2n) is 21.6. The Morgan fingerprint density at radius 1 is 0.460 bits per heavy atom. The van der Waals surface area contributed by atoms with Crippen molar-refractivity contribution in [1.82, 2.24) is 0 Å². The van der Waals surface area contributed by atoms with E-state index in [9.17, 15) is 51.1 Å². The van der Waals surface area contributed by atoms with Crippen LogP contribution in [0.3, 0.4) is 0 Å². The van der Waals surface area contributed by atoms with Crippen molar-refractivity contribution in [3.8, 4) is 0 Å². The SMILES string of the molecule is CC(C)=CCC[C@@](C)(O)CCC[C@@](C)(O)CCC[C@@](C)(O)CCC[C@@](C)(O)CCC[C@@](C)(O)CCC[C@@](C)(O)CCC/C(C)=C/CC/C(C)=C/CO[C@@H]1O[C@H](CO)[C@@H](O)[C@H](O)[C@H]1O. The molecule has 1 saturated heterocycles. The highest BCUT2D eigenvalue weighted by Crippen LogP contribution is 2.32. The molecule has 0 spiro atoms. The van der Waals surface area contributed by atoms with Crippen LogP contribution < -0.4 is 0 Å². The molecular formula is C51H96O12.